The highest BCUT2D eigenvalue weighted by molar-refractivity contribution is 7.89. The molecule has 0 radical (unpaired) electrons. The SMILES string of the molecule is O=C(NC1CCCCCC1)C1CCN(S(=O)(=O)c2cccc3nonc23)CC1. The van der Waals surface area contributed by atoms with Gasteiger partial charge in [0.2, 0.25) is 15.9 Å². The molecule has 2 heterocycles. The third kappa shape index (κ3) is 3.91. The quantitative estimate of drug-likeness (QED) is 0.782. The summed E-state index contributed by atoms with van der Waals surface area (Å²) in [5.41, 5.74) is 0.662. The second kappa shape index (κ2) is 8.16. The number of aromatic nitrogens is 2. The van der Waals surface area contributed by atoms with Crippen LogP contribution in [0.5, 0.6) is 0 Å². The van der Waals surface area contributed by atoms with Crippen molar-refractivity contribution >= 4 is 27.0 Å². The number of carbonyl (C=O) groups is 1. The fraction of sp³-hybridized carbons (Fsp3) is 0.632. The molecule has 1 amide bonds. The Hall–Kier alpha value is -2.00. The largest absolute Gasteiger partial charge is 0.353 e. The number of rotatable bonds is 4. The van der Waals surface area contributed by atoms with Crippen molar-refractivity contribution in [3.63, 3.8) is 0 Å². The predicted octanol–water partition coefficient (Wildman–Crippen LogP) is 2.46. The van der Waals surface area contributed by atoms with Crippen LogP contribution in [0.25, 0.3) is 11.0 Å². The van der Waals surface area contributed by atoms with Gasteiger partial charge in [0, 0.05) is 25.0 Å². The lowest BCUT2D eigenvalue weighted by atomic mass is 9.96. The van der Waals surface area contributed by atoms with Crippen LogP contribution in [-0.2, 0) is 14.8 Å². The van der Waals surface area contributed by atoms with Crippen molar-refractivity contribution in [3.05, 3.63) is 18.2 Å². The first kappa shape index (κ1) is 19.3. The summed E-state index contributed by atoms with van der Waals surface area (Å²) in [6.45, 7) is 0.652. The van der Waals surface area contributed by atoms with Gasteiger partial charge in [0.15, 0.2) is 5.52 Å². The van der Waals surface area contributed by atoms with Gasteiger partial charge in [-0.2, -0.15) is 4.31 Å². The number of nitrogens with zero attached hydrogens (tertiary/aromatic N) is 3. The molecule has 4 rings (SSSR count). The molecule has 1 aliphatic heterocycles. The molecule has 0 bridgehead atoms. The third-order valence-corrected chi connectivity index (χ3v) is 7.82. The number of benzene rings is 1. The zero-order valence-corrected chi connectivity index (χ0v) is 16.7. The van der Waals surface area contributed by atoms with Gasteiger partial charge in [-0.1, -0.05) is 31.7 Å². The molecule has 28 heavy (non-hydrogen) atoms. The van der Waals surface area contributed by atoms with Gasteiger partial charge in [0.1, 0.15) is 10.4 Å². The van der Waals surface area contributed by atoms with Crippen molar-refractivity contribution in [3.8, 4) is 0 Å². The summed E-state index contributed by atoms with van der Waals surface area (Å²) in [5.74, 6) is -0.0500. The zero-order chi connectivity index (χ0) is 19.6. The van der Waals surface area contributed by atoms with Crippen LogP contribution in [0.3, 0.4) is 0 Å². The lowest BCUT2D eigenvalue weighted by Gasteiger charge is -2.31. The first-order valence-electron chi connectivity index (χ1n) is 10.1. The van der Waals surface area contributed by atoms with Gasteiger partial charge < -0.3 is 5.32 Å². The van der Waals surface area contributed by atoms with Crippen molar-refractivity contribution in [1.82, 2.24) is 19.9 Å². The van der Waals surface area contributed by atoms with Gasteiger partial charge in [-0.05, 0) is 48.1 Å². The molecule has 152 valence electrons. The van der Waals surface area contributed by atoms with E-state index in [1.807, 2.05) is 0 Å². The lowest BCUT2D eigenvalue weighted by Crippen LogP contribution is -2.45. The average molecular weight is 407 g/mol. The van der Waals surface area contributed by atoms with E-state index in [0.29, 0.717) is 31.4 Å². The van der Waals surface area contributed by atoms with Gasteiger partial charge in [0.25, 0.3) is 0 Å². The van der Waals surface area contributed by atoms with Crippen LogP contribution in [0.4, 0.5) is 0 Å². The maximum absolute atomic E-state index is 13.0. The molecular formula is C19H26N4O4S. The third-order valence-electron chi connectivity index (χ3n) is 5.89. The minimum absolute atomic E-state index is 0.0757. The zero-order valence-electron chi connectivity index (χ0n) is 15.8. The molecule has 1 aromatic carbocycles. The topological polar surface area (TPSA) is 105 Å². The fourth-order valence-electron chi connectivity index (χ4n) is 4.23. The van der Waals surface area contributed by atoms with E-state index in [-0.39, 0.29) is 28.3 Å². The molecule has 0 atom stereocenters. The number of nitrogens with one attached hydrogen (secondary N) is 1. The molecule has 0 spiro atoms. The number of hydrogen-bond donors (Lipinski definition) is 1. The van der Waals surface area contributed by atoms with E-state index in [4.69, 9.17) is 0 Å². The van der Waals surface area contributed by atoms with Gasteiger partial charge in [-0.25, -0.2) is 13.0 Å². The molecule has 0 unspecified atom stereocenters. The molecule has 2 aliphatic rings. The van der Waals surface area contributed by atoms with Crippen molar-refractivity contribution < 1.29 is 17.8 Å². The Morgan fingerprint density at radius 3 is 2.46 bits per heavy atom. The maximum Gasteiger partial charge on any atom is 0.245 e. The number of amides is 1. The van der Waals surface area contributed by atoms with Crippen molar-refractivity contribution in [2.75, 3.05) is 13.1 Å². The summed E-state index contributed by atoms with van der Waals surface area (Å²) < 4.78 is 32.2. The van der Waals surface area contributed by atoms with Gasteiger partial charge in [0.05, 0.1) is 0 Å². The van der Waals surface area contributed by atoms with Crippen LogP contribution < -0.4 is 5.32 Å². The summed E-state index contributed by atoms with van der Waals surface area (Å²) in [7, 11) is -3.70. The monoisotopic (exact) mass is 406 g/mol. The normalized spacial score (nSPS) is 20.9. The van der Waals surface area contributed by atoms with E-state index >= 15 is 0 Å². The molecule has 2 fully saturated rings. The molecule has 2 aromatic rings. The summed E-state index contributed by atoms with van der Waals surface area (Å²) in [4.78, 5) is 12.7. The summed E-state index contributed by atoms with van der Waals surface area (Å²) in [5, 5.41) is 10.6. The van der Waals surface area contributed by atoms with E-state index in [1.165, 1.54) is 36.1 Å². The molecular weight excluding hydrogens is 380 g/mol. The standard InChI is InChI=1S/C19H26N4O4S/c24-19(20-15-6-3-1-2-4-7-15)14-10-12-23(13-11-14)28(25,26)17-9-5-8-16-18(17)22-27-21-16/h5,8-9,14-15H,1-4,6-7,10-13H2,(H,20,24). The van der Waals surface area contributed by atoms with Gasteiger partial charge in [-0.15, -0.1) is 0 Å². The molecule has 8 nitrogen and oxygen atoms in total. The van der Waals surface area contributed by atoms with E-state index in [2.05, 4.69) is 20.3 Å². The van der Waals surface area contributed by atoms with Crippen LogP contribution >= 0.6 is 0 Å². The minimum Gasteiger partial charge on any atom is -0.353 e. The highest BCUT2D eigenvalue weighted by Gasteiger charge is 2.34. The second-order valence-electron chi connectivity index (χ2n) is 7.76. The molecule has 1 saturated heterocycles. The van der Waals surface area contributed by atoms with Crippen molar-refractivity contribution in [2.45, 2.75) is 62.3 Å². The lowest BCUT2D eigenvalue weighted by molar-refractivity contribution is -0.126. The van der Waals surface area contributed by atoms with E-state index in [0.717, 1.165) is 12.8 Å². The Morgan fingerprint density at radius 2 is 1.75 bits per heavy atom. The second-order valence-corrected chi connectivity index (χ2v) is 9.67. The average Bonchev–Trinajstić information content (AvgIpc) is 3.05. The van der Waals surface area contributed by atoms with Crippen LogP contribution in [0.2, 0.25) is 0 Å². The molecule has 1 saturated carbocycles. The Morgan fingerprint density at radius 1 is 1.04 bits per heavy atom. The van der Waals surface area contributed by atoms with Crippen LogP contribution in [-0.4, -0.2) is 48.1 Å². The highest BCUT2D eigenvalue weighted by atomic mass is 32.2. The minimum atomic E-state index is -3.70. The maximum atomic E-state index is 13.0. The summed E-state index contributed by atoms with van der Waals surface area (Å²) in [6.07, 6.45) is 8.00. The summed E-state index contributed by atoms with van der Waals surface area (Å²) >= 11 is 0. The summed E-state index contributed by atoms with van der Waals surface area (Å²) in [6, 6.07) is 5.09. The number of hydrogen-bond acceptors (Lipinski definition) is 6. The Balaban J connectivity index is 1.39. The first-order valence-corrected chi connectivity index (χ1v) is 11.5. The fourth-order valence-corrected chi connectivity index (χ4v) is 5.84. The van der Waals surface area contributed by atoms with E-state index in [1.54, 1.807) is 12.1 Å². The number of piperidine rings is 1. The number of carbonyl (C=O) groups excluding carboxylic acids is 1. The number of sulfonamides is 1. The Labute approximate surface area is 164 Å². The van der Waals surface area contributed by atoms with Crippen molar-refractivity contribution in [1.29, 1.82) is 0 Å². The van der Waals surface area contributed by atoms with Crippen molar-refractivity contribution in [2.24, 2.45) is 5.92 Å². The molecule has 1 N–H and O–H groups in total. The van der Waals surface area contributed by atoms with E-state index < -0.39 is 10.0 Å². The highest BCUT2D eigenvalue weighted by Crippen LogP contribution is 2.28. The van der Waals surface area contributed by atoms with Crippen LogP contribution in [0.15, 0.2) is 27.7 Å². The van der Waals surface area contributed by atoms with Crippen LogP contribution in [0.1, 0.15) is 51.4 Å². The smallest absolute Gasteiger partial charge is 0.245 e. The first-order chi connectivity index (χ1) is 13.6. The predicted molar refractivity (Wildman–Crippen MR) is 103 cm³/mol. The van der Waals surface area contributed by atoms with Gasteiger partial charge >= 0.3 is 0 Å². The Bertz CT molecular complexity index is 926. The molecule has 1 aliphatic carbocycles. The molecule has 1 aromatic heterocycles. The Kier molecular flexibility index (Phi) is 5.63. The molecule has 9 heteroatoms. The number of fused-ring (bicyclic) bond motifs is 1. The van der Waals surface area contributed by atoms with Crippen LogP contribution in [0, 0.1) is 5.92 Å². The van der Waals surface area contributed by atoms with E-state index in [9.17, 15) is 13.2 Å². The van der Waals surface area contributed by atoms with Gasteiger partial charge in [-0.3, -0.25) is 4.79 Å².